The third-order valence-electron chi connectivity index (χ3n) is 0.846. The third kappa shape index (κ3) is 2.00. The summed E-state index contributed by atoms with van der Waals surface area (Å²) in [4.78, 5) is 14.2. The van der Waals surface area contributed by atoms with Gasteiger partial charge in [0.05, 0.1) is 5.57 Å². The first-order valence-corrected chi connectivity index (χ1v) is 2.22. The lowest BCUT2D eigenvalue weighted by Gasteiger charge is -1.97. The fraction of sp³-hybridized carbons (Fsp3) is 0.250. The van der Waals surface area contributed by atoms with E-state index in [0.29, 0.717) is 0 Å². The summed E-state index contributed by atoms with van der Waals surface area (Å²) in [5, 5.41) is 0. The van der Waals surface area contributed by atoms with E-state index in [-0.39, 0.29) is 11.4 Å². The monoisotopic (exact) mass is 131 g/mol. The van der Waals surface area contributed by atoms with Gasteiger partial charge in [-0.3, -0.25) is 0 Å². The van der Waals surface area contributed by atoms with Crippen LogP contribution in [0.3, 0.4) is 0 Å². The summed E-state index contributed by atoms with van der Waals surface area (Å²) in [6, 6.07) is 0. The van der Waals surface area contributed by atoms with E-state index in [0.717, 1.165) is 0 Å². The zero-order valence-electron chi connectivity index (χ0n) is 5.05. The molecule has 6 N–H and O–H groups in total. The second-order valence-corrected chi connectivity index (χ2v) is 1.49. The third-order valence-corrected chi connectivity index (χ3v) is 0.846. The second kappa shape index (κ2) is 2.93. The second-order valence-electron chi connectivity index (χ2n) is 1.49. The van der Waals surface area contributed by atoms with E-state index in [2.05, 4.69) is 10.7 Å². The van der Waals surface area contributed by atoms with Crippen LogP contribution in [0.4, 0.5) is 0 Å². The average molecular weight is 131 g/mol. The molecule has 0 aliphatic carbocycles. The lowest BCUT2D eigenvalue weighted by Crippen LogP contribution is -2.19. The molecule has 0 saturated heterocycles. The van der Waals surface area contributed by atoms with Crippen LogP contribution >= 0.6 is 0 Å². The SMILES string of the molecule is CC(C(=O)ON)=C(N)N. The Hall–Kier alpha value is -1.23. The highest BCUT2D eigenvalue weighted by Gasteiger charge is 2.05. The number of hydrogen-bond acceptors (Lipinski definition) is 5. The van der Waals surface area contributed by atoms with Gasteiger partial charge in [0.1, 0.15) is 5.82 Å². The Morgan fingerprint density at radius 1 is 1.44 bits per heavy atom. The van der Waals surface area contributed by atoms with Crippen LogP contribution in [0.15, 0.2) is 11.4 Å². The van der Waals surface area contributed by atoms with Crippen molar-refractivity contribution in [3.63, 3.8) is 0 Å². The van der Waals surface area contributed by atoms with Crippen molar-refractivity contribution < 1.29 is 9.63 Å². The van der Waals surface area contributed by atoms with Crippen LogP contribution in [0.1, 0.15) is 6.92 Å². The van der Waals surface area contributed by atoms with Crippen LogP contribution in [0.2, 0.25) is 0 Å². The van der Waals surface area contributed by atoms with Gasteiger partial charge < -0.3 is 16.3 Å². The zero-order chi connectivity index (χ0) is 7.44. The zero-order valence-corrected chi connectivity index (χ0v) is 5.05. The summed E-state index contributed by atoms with van der Waals surface area (Å²) < 4.78 is 0. The Morgan fingerprint density at radius 3 is 2.00 bits per heavy atom. The minimum absolute atomic E-state index is 0.0783. The maximum atomic E-state index is 10.4. The number of nitrogens with two attached hydrogens (primary N) is 3. The van der Waals surface area contributed by atoms with Crippen molar-refractivity contribution in [3.8, 4) is 0 Å². The molecule has 5 nitrogen and oxygen atoms in total. The highest BCUT2D eigenvalue weighted by molar-refractivity contribution is 5.87. The molecule has 0 bridgehead atoms. The lowest BCUT2D eigenvalue weighted by molar-refractivity contribution is -0.139. The van der Waals surface area contributed by atoms with Crippen LogP contribution in [0.25, 0.3) is 0 Å². The molecule has 0 aromatic carbocycles. The summed E-state index contributed by atoms with van der Waals surface area (Å²) in [6.45, 7) is 1.42. The molecule has 0 radical (unpaired) electrons. The van der Waals surface area contributed by atoms with Gasteiger partial charge >= 0.3 is 5.97 Å². The van der Waals surface area contributed by atoms with E-state index in [1.165, 1.54) is 6.92 Å². The Morgan fingerprint density at radius 2 is 1.89 bits per heavy atom. The average Bonchev–Trinajstić information content (AvgIpc) is 1.84. The smallest absolute Gasteiger partial charge is 0.355 e. The summed E-state index contributed by atoms with van der Waals surface area (Å²) in [5.41, 5.74) is 10.1. The fourth-order valence-corrected chi connectivity index (χ4v) is 0.206. The molecule has 0 unspecified atom stereocenters. The van der Waals surface area contributed by atoms with Crippen LogP contribution < -0.4 is 17.4 Å². The number of carbonyl (C=O) groups excluding carboxylic acids is 1. The summed E-state index contributed by atoms with van der Waals surface area (Å²) >= 11 is 0. The predicted octanol–water partition coefficient (Wildman–Crippen LogP) is -1.45. The molecule has 9 heavy (non-hydrogen) atoms. The highest BCUT2D eigenvalue weighted by atomic mass is 16.7. The van der Waals surface area contributed by atoms with Gasteiger partial charge in [0, 0.05) is 0 Å². The van der Waals surface area contributed by atoms with Crippen LogP contribution in [-0.2, 0) is 9.63 Å². The molecule has 0 aromatic heterocycles. The Balaban J connectivity index is 4.21. The molecule has 0 aromatic rings. The largest absolute Gasteiger partial charge is 0.385 e. The number of carbonyl (C=O) groups is 1. The molecule has 0 heterocycles. The van der Waals surface area contributed by atoms with E-state index < -0.39 is 5.97 Å². The summed E-state index contributed by atoms with van der Waals surface area (Å²) in [5.74, 6) is 3.72. The molecule has 0 atom stereocenters. The first kappa shape index (κ1) is 7.77. The molecule has 0 spiro atoms. The Bertz CT molecular complexity index is 148. The predicted molar refractivity (Wildman–Crippen MR) is 31.4 cm³/mol. The maximum Gasteiger partial charge on any atom is 0.355 e. The minimum atomic E-state index is -0.713. The van der Waals surface area contributed by atoms with E-state index >= 15 is 0 Å². The van der Waals surface area contributed by atoms with Gasteiger partial charge in [-0.05, 0) is 6.92 Å². The maximum absolute atomic E-state index is 10.4. The first-order chi connectivity index (χ1) is 4.09. The number of hydrogen-bond donors (Lipinski definition) is 3. The van der Waals surface area contributed by atoms with E-state index in [9.17, 15) is 4.79 Å². The van der Waals surface area contributed by atoms with E-state index in [1.54, 1.807) is 0 Å². The van der Waals surface area contributed by atoms with Crippen molar-refractivity contribution in [2.45, 2.75) is 6.92 Å². The van der Waals surface area contributed by atoms with Crippen LogP contribution in [0, 0.1) is 0 Å². The molecule has 5 heteroatoms. The van der Waals surface area contributed by atoms with Gasteiger partial charge in [0.25, 0.3) is 0 Å². The normalized spacial score (nSPS) is 8.22. The minimum Gasteiger partial charge on any atom is -0.385 e. The van der Waals surface area contributed by atoms with Crippen molar-refractivity contribution in [1.29, 1.82) is 0 Å². The summed E-state index contributed by atoms with van der Waals surface area (Å²) in [7, 11) is 0. The highest BCUT2D eigenvalue weighted by Crippen LogP contribution is 1.92. The standard InChI is InChI=1S/C4H9N3O2/c1-2(3(5)6)4(8)9-7/h5-7H2,1H3. The molecule has 52 valence electrons. The quantitative estimate of drug-likeness (QED) is 0.298. The van der Waals surface area contributed by atoms with Gasteiger partial charge in [0.15, 0.2) is 0 Å². The van der Waals surface area contributed by atoms with Gasteiger partial charge in [-0.2, -0.15) is 5.90 Å². The molecular weight excluding hydrogens is 122 g/mol. The molecule has 0 amide bonds. The van der Waals surface area contributed by atoms with Crippen molar-refractivity contribution in [2.24, 2.45) is 17.4 Å². The van der Waals surface area contributed by atoms with Gasteiger partial charge in [-0.25, -0.2) is 4.79 Å². The molecular formula is C4H9N3O2. The van der Waals surface area contributed by atoms with E-state index in [4.69, 9.17) is 11.5 Å². The molecule has 0 aliphatic heterocycles. The lowest BCUT2D eigenvalue weighted by atomic mass is 10.3. The van der Waals surface area contributed by atoms with Crippen molar-refractivity contribution >= 4 is 5.97 Å². The Labute approximate surface area is 52.4 Å². The molecule has 0 saturated carbocycles. The van der Waals surface area contributed by atoms with Crippen LogP contribution in [-0.4, -0.2) is 5.97 Å². The van der Waals surface area contributed by atoms with Crippen LogP contribution in [0.5, 0.6) is 0 Å². The fourth-order valence-electron chi connectivity index (χ4n) is 0.206. The molecule has 0 aliphatic rings. The van der Waals surface area contributed by atoms with Crippen molar-refractivity contribution in [3.05, 3.63) is 11.4 Å². The summed E-state index contributed by atoms with van der Waals surface area (Å²) in [6.07, 6.45) is 0. The van der Waals surface area contributed by atoms with Gasteiger partial charge in [-0.15, -0.1) is 0 Å². The van der Waals surface area contributed by atoms with E-state index in [1.807, 2.05) is 0 Å². The first-order valence-electron chi connectivity index (χ1n) is 2.22. The molecule has 0 fully saturated rings. The topological polar surface area (TPSA) is 104 Å². The van der Waals surface area contributed by atoms with Gasteiger partial charge in [-0.1, -0.05) is 0 Å². The van der Waals surface area contributed by atoms with Gasteiger partial charge in [0.2, 0.25) is 0 Å². The van der Waals surface area contributed by atoms with Crippen molar-refractivity contribution in [1.82, 2.24) is 0 Å². The molecule has 0 rings (SSSR count). The van der Waals surface area contributed by atoms with Crippen molar-refractivity contribution in [2.75, 3.05) is 0 Å². The Kier molecular flexibility index (Phi) is 2.53. The number of rotatable bonds is 1.